The number of aromatic amines is 1. The molecule has 0 saturated heterocycles. The first kappa shape index (κ1) is 17.2. The highest BCUT2D eigenvalue weighted by Crippen LogP contribution is 2.19. The number of hydrogen-bond donors (Lipinski definition) is 2. The summed E-state index contributed by atoms with van der Waals surface area (Å²) in [5.41, 5.74) is 2.85. The summed E-state index contributed by atoms with van der Waals surface area (Å²) in [7, 11) is 0. The van der Waals surface area contributed by atoms with Gasteiger partial charge >= 0.3 is 0 Å². The molecular weight excluding hydrogens is 328 g/mol. The number of aryl methyl sites for hydroxylation is 1. The monoisotopic (exact) mass is 346 g/mol. The van der Waals surface area contributed by atoms with E-state index in [1.807, 2.05) is 30.3 Å². The van der Waals surface area contributed by atoms with Gasteiger partial charge < -0.3 is 10.1 Å². The van der Waals surface area contributed by atoms with Crippen LogP contribution in [0.5, 0.6) is 5.75 Å². The lowest BCUT2D eigenvalue weighted by Crippen LogP contribution is -2.27. The van der Waals surface area contributed by atoms with E-state index < -0.39 is 6.04 Å². The van der Waals surface area contributed by atoms with E-state index in [1.165, 1.54) is 6.20 Å². The highest BCUT2D eigenvalue weighted by atomic mass is 16.5. The van der Waals surface area contributed by atoms with Gasteiger partial charge in [-0.05, 0) is 30.2 Å². The Labute approximate surface area is 151 Å². The van der Waals surface area contributed by atoms with Crippen LogP contribution in [0.15, 0.2) is 60.8 Å². The maximum atomic E-state index is 12.2. The number of nitrogens with zero attached hydrogens (tertiary/aromatic N) is 2. The first-order chi connectivity index (χ1) is 12.7. The fraction of sp³-hybridized carbons (Fsp3) is 0.150. The maximum absolute atomic E-state index is 12.2. The molecule has 2 N–H and O–H groups in total. The smallest absolute Gasteiger partial charge is 0.256 e. The summed E-state index contributed by atoms with van der Waals surface area (Å²) in [5, 5.41) is 18.6. The molecular formula is C20H18N4O2. The second-order valence-electron chi connectivity index (χ2n) is 5.79. The fourth-order valence-corrected chi connectivity index (χ4v) is 2.48. The summed E-state index contributed by atoms with van der Waals surface area (Å²) in [6.07, 6.45) is 1.44. The predicted octanol–water partition coefficient (Wildman–Crippen LogP) is 3.29. The van der Waals surface area contributed by atoms with Crippen LogP contribution in [-0.2, 0) is 6.61 Å². The lowest BCUT2D eigenvalue weighted by Gasteiger charge is -2.13. The molecule has 0 aliphatic carbocycles. The number of aromatic nitrogens is 2. The van der Waals surface area contributed by atoms with Crippen molar-refractivity contribution in [3.8, 4) is 11.8 Å². The van der Waals surface area contributed by atoms with Crippen LogP contribution in [0.4, 0.5) is 0 Å². The second-order valence-corrected chi connectivity index (χ2v) is 5.79. The average Bonchev–Trinajstić information content (AvgIpc) is 3.12. The van der Waals surface area contributed by atoms with Crippen LogP contribution in [0.1, 0.15) is 33.2 Å². The Kier molecular flexibility index (Phi) is 5.30. The minimum atomic E-state index is -0.750. The van der Waals surface area contributed by atoms with Crippen molar-refractivity contribution in [2.75, 3.05) is 0 Å². The fourth-order valence-electron chi connectivity index (χ4n) is 2.48. The van der Waals surface area contributed by atoms with E-state index in [0.717, 1.165) is 5.56 Å². The van der Waals surface area contributed by atoms with Gasteiger partial charge in [0, 0.05) is 5.69 Å². The summed E-state index contributed by atoms with van der Waals surface area (Å²) < 4.78 is 5.73. The predicted molar refractivity (Wildman–Crippen MR) is 96.4 cm³/mol. The van der Waals surface area contributed by atoms with Gasteiger partial charge in [-0.15, -0.1) is 0 Å². The highest BCUT2D eigenvalue weighted by molar-refractivity contribution is 5.95. The van der Waals surface area contributed by atoms with Gasteiger partial charge in [0.1, 0.15) is 18.4 Å². The number of amides is 1. The summed E-state index contributed by atoms with van der Waals surface area (Å²) in [4.78, 5) is 12.2. The zero-order chi connectivity index (χ0) is 18.4. The van der Waals surface area contributed by atoms with E-state index in [1.54, 1.807) is 31.2 Å². The molecule has 1 heterocycles. The third-order valence-corrected chi connectivity index (χ3v) is 3.94. The average molecular weight is 346 g/mol. The first-order valence-corrected chi connectivity index (χ1v) is 8.14. The molecule has 6 heteroatoms. The van der Waals surface area contributed by atoms with Gasteiger partial charge in [0.05, 0.1) is 17.8 Å². The quantitative estimate of drug-likeness (QED) is 0.716. The van der Waals surface area contributed by atoms with Crippen LogP contribution in [-0.4, -0.2) is 16.1 Å². The Bertz CT molecular complexity index is 911. The van der Waals surface area contributed by atoms with Gasteiger partial charge in [0.25, 0.3) is 5.91 Å². The summed E-state index contributed by atoms with van der Waals surface area (Å²) in [6, 6.07) is 18.4. The third kappa shape index (κ3) is 4.08. The molecule has 26 heavy (non-hydrogen) atoms. The van der Waals surface area contributed by atoms with E-state index in [2.05, 4.69) is 21.6 Å². The van der Waals surface area contributed by atoms with Crippen molar-refractivity contribution in [3.63, 3.8) is 0 Å². The molecule has 1 aromatic heterocycles. The second kappa shape index (κ2) is 7.99. The van der Waals surface area contributed by atoms with E-state index in [-0.39, 0.29) is 5.91 Å². The minimum absolute atomic E-state index is 0.341. The molecule has 0 aliphatic rings. The van der Waals surface area contributed by atoms with Crippen molar-refractivity contribution < 1.29 is 9.53 Å². The number of carbonyl (C=O) groups is 1. The van der Waals surface area contributed by atoms with E-state index in [9.17, 15) is 10.1 Å². The van der Waals surface area contributed by atoms with Crippen LogP contribution in [0, 0.1) is 18.3 Å². The molecule has 6 nitrogen and oxygen atoms in total. The molecule has 0 radical (unpaired) electrons. The SMILES string of the molecule is Cc1[nH]ncc1C(=O)N[C@H](C#N)c1ccc(OCc2ccccc2)cc1. The number of benzene rings is 2. The molecule has 1 atom stereocenters. The lowest BCUT2D eigenvalue weighted by atomic mass is 10.1. The zero-order valence-corrected chi connectivity index (χ0v) is 14.3. The Balaban J connectivity index is 1.63. The van der Waals surface area contributed by atoms with E-state index >= 15 is 0 Å². The molecule has 0 spiro atoms. The molecule has 0 fully saturated rings. The highest BCUT2D eigenvalue weighted by Gasteiger charge is 2.17. The van der Waals surface area contributed by atoms with Gasteiger partial charge in [-0.3, -0.25) is 9.89 Å². The normalized spacial score (nSPS) is 11.4. The van der Waals surface area contributed by atoms with Crippen LogP contribution >= 0.6 is 0 Å². The maximum Gasteiger partial charge on any atom is 0.256 e. The van der Waals surface area contributed by atoms with Crippen LogP contribution in [0.2, 0.25) is 0 Å². The molecule has 3 rings (SSSR count). The Hall–Kier alpha value is -3.59. The number of rotatable bonds is 6. The Morgan fingerprint density at radius 1 is 1.23 bits per heavy atom. The Morgan fingerprint density at radius 3 is 2.58 bits per heavy atom. The van der Waals surface area contributed by atoms with E-state index in [0.29, 0.717) is 29.2 Å². The molecule has 3 aromatic rings. The van der Waals surface area contributed by atoms with Crippen molar-refractivity contribution in [1.29, 1.82) is 5.26 Å². The number of carbonyl (C=O) groups excluding carboxylic acids is 1. The van der Waals surface area contributed by atoms with Crippen molar-refractivity contribution >= 4 is 5.91 Å². The van der Waals surface area contributed by atoms with E-state index in [4.69, 9.17) is 4.74 Å². The van der Waals surface area contributed by atoms with Crippen molar-refractivity contribution in [1.82, 2.24) is 15.5 Å². The van der Waals surface area contributed by atoms with Gasteiger partial charge in [-0.1, -0.05) is 42.5 Å². The molecule has 1 amide bonds. The topological polar surface area (TPSA) is 90.8 Å². The number of hydrogen-bond acceptors (Lipinski definition) is 4. The van der Waals surface area contributed by atoms with Crippen LogP contribution < -0.4 is 10.1 Å². The van der Waals surface area contributed by atoms with Crippen LogP contribution in [0.25, 0.3) is 0 Å². The van der Waals surface area contributed by atoms with Gasteiger partial charge in [0.2, 0.25) is 0 Å². The van der Waals surface area contributed by atoms with Gasteiger partial charge in [-0.25, -0.2) is 0 Å². The number of nitrogens with one attached hydrogen (secondary N) is 2. The minimum Gasteiger partial charge on any atom is -0.489 e. The van der Waals surface area contributed by atoms with Gasteiger partial charge in [0.15, 0.2) is 0 Å². The summed E-state index contributed by atoms with van der Waals surface area (Å²) in [6.45, 7) is 2.22. The molecule has 0 saturated carbocycles. The molecule has 130 valence electrons. The largest absolute Gasteiger partial charge is 0.489 e. The zero-order valence-electron chi connectivity index (χ0n) is 14.3. The molecule has 0 unspecified atom stereocenters. The molecule has 0 bridgehead atoms. The summed E-state index contributed by atoms with van der Waals surface area (Å²) >= 11 is 0. The molecule has 0 aliphatic heterocycles. The number of ether oxygens (including phenoxy) is 1. The standard InChI is InChI=1S/C20H18N4O2/c1-14-18(12-22-24-14)20(25)23-19(11-21)16-7-9-17(10-8-16)26-13-15-5-3-2-4-6-15/h2-10,12,19H,13H2,1H3,(H,22,24)(H,23,25)/t19-/m1/s1. The number of H-pyrrole nitrogens is 1. The first-order valence-electron chi connectivity index (χ1n) is 8.14. The molecule has 2 aromatic carbocycles. The number of nitriles is 1. The van der Waals surface area contributed by atoms with Crippen LogP contribution in [0.3, 0.4) is 0 Å². The van der Waals surface area contributed by atoms with Crippen molar-refractivity contribution in [2.45, 2.75) is 19.6 Å². The van der Waals surface area contributed by atoms with Crippen molar-refractivity contribution in [3.05, 3.63) is 83.2 Å². The third-order valence-electron chi connectivity index (χ3n) is 3.94. The Morgan fingerprint density at radius 2 is 1.96 bits per heavy atom. The van der Waals surface area contributed by atoms with Crippen molar-refractivity contribution in [2.24, 2.45) is 0 Å². The lowest BCUT2D eigenvalue weighted by molar-refractivity contribution is 0.0944. The summed E-state index contributed by atoms with van der Waals surface area (Å²) in [5.74, 6) is 0.360. The van der Waals surface area contributed by atoms with Gasteiger partial charge in [-0.2, -0.15) is 10.4 Å².